The molecule has 7 heteroatoms. The molecule has 0 saturated carbocycles. The first-order chi connectivity index (χ1) is 8.68. The monoisotopic (exact) mass is 273 g/mol. The number of fused-ring (bicyclic) bond motifs is 1. The molecule has 1 aliphatic heterocycles. The predicted octanol–water partition coefficient (Wildman–Crippen LogP) is 1.98. The van der Waals surface area contributed by atoms with Crippen molar-refractivity contribution in [3.63, 3.8) is 0 Å². The van der Waals surface area contributed by atoms with Gasteiger partial charge in [-0.05, 0) is 18.6 Å². The van der Waals surface area contributed by atoms with Crippen LogP contribution in [0.15, 0.2) is 24.3 Å². The highest BCUT2D eigenvalue weighted by molar-refractivity contribution is 6.06. The van der Waals surface area contributed by atoms with Crippen molar-refractivity contribution >= 4 is 17.6 Å². The highest BCUT2D eigenvalue weighted by atomic mass is 19.4. The minimum absolute atomic E-state index is 0.00488. The van der Waals surface area contributed by atoms with E-state index >= 15 is 0 Å². The van der Waals surface area contributed by atoms with Gasteiger partial charge in [0.25, 0.3) is 0 Å². The number of hydrogen-bond acceptors (Lipinski definition) is 2. The number of anilines is 1. The maximum absolute atomic E-state index is 12.6. The van der Waals surface area contributed by atoms with Gasteiger partial charge in [0.1, 0.15) is 5.54 Å². The Morgan fingerprint density at radius 1 is 1.32 bits per heavy atom. The van der Waals surface area contributed by atoms with Gasteiger partial charge in [0.2, 0.25) is 0 Å². The van der Waals surface area contributed by atoms with Crippen molar-refractivity contribution in [2.45, 2.75) is 25.1 Å². The Bertz CT molecular complexity index is 555. The van der Waals surface area contributed by atoms with Gasteiger partial charge in [-0.3, -0.25) is 9.69 Å². The first-order valence-electron chi connectivity index (χ1n) is 5.40. The second kappa shape index (κ2) is 3.97. The summed E-state index contributed by atoms with van der Waals surface area (Å²) < 4.78 is 37.9. The van der Waals surface area contributed by atoms with Gasteiger partial charge in [0, 0.05) is 12.1 Å². The zero-order valence-electron chi connectivity index (χ0n) is 9.86. The van der Waals surface area contributed by atoms with E-state index in [4.69, 9.17) is 5.11 Å². The summed E-state index contributed by atoms with van der Waals surface area (Å²) in [6.07, 6.45) is -5.27. The molecule has 1 amide bonds. The molecule has 0 spiro atoms. The van der Waals surface area contributed by atoms with Gasteiger partial charge in [0.05, 0.1) is 0 Å². The molecule has 0 radical (unpaired) electrons. The van der Waals surface area contributed by atoms with E-state index in [1.54, 1.807) is 6.07 Å². The van der Waals surface area contributed by atoms with Crippen molar-refractivity contribution in [2.75, 3.05) is 4.90 Å². The second-order valence-electron chi connectivity index (χ2n) is 4.52. The summed E-state index contributed by atoms with van der Waals surface area (Å²) in [6.45, 7) is 1.11. The average Bonchev–Trinajstić information content (AvgIpc) is 2.60. The lowest BCUT2D eigenvalue weighted by atomic mass is 9.97. The summed E-state index contributed by atoms with van der Waals surface area (Å²) in [7, 11) is 0. The van der Waals surface area contributed by atoms with Crippen molar-refractivity contribution in [1.29, 1.82) is 0 Å². The van der Waals surface area contributed by atoms with Crippen LogP contribution in [-0.4, -0.2) is 28.7 Å². The number of para-hydroxylation sites is 1. The van der Waals surface area contributed by atoms with Crippen molar-refractivity contribution in [1.82, 2.24) is 0 Å². The maximum atomic E-state index is 12.6. The Kier molecular flexibility index (Phi) is 2.80. The molecular formula is C12H10F3NO3. The third-order valence-corrected chi connectivity index (χ3v) is 3.17. The van der Waals surface area contributed by atoms with Gasteiger partial charge in [-0.15, -0.1) is 0 Å². The smallest absolute Gasteiger partial charge is 0.471 e. The molecule has 1 atom stereocenters. The Balaban J connectivity index is 2.58. The molecule has 0 saturated heterocycles. The molecule has 1 aromatic rings. The molecule has 4 nitrogen and oxygen atoms in total. The Morgan fingerprint density at radius 3 is 2.42 bits per heavy atom. The third kappa shape index (κ3) is 1.94. The summed E-state index contributed by atoms with van der Waals surface area (Å²) in [5.74, 6) is -3.64. The van der Waals surface area contributed by atoms with Crippen molar-refractivity contribution in [3.05, 3.63) is 29.8 Å². The lowest BCUT2D eigenvalue weighted by molar-refractivity contribution is -0.172. The minimum atomic E-state index is -5.12. The molecule has 19 heavy (non-hydrogen) atoms. The molecule has 2 rings (SSSR count). The minimum Gasteiger partial charge on any atom is -0.479 e. The number of alkyl halides is 3. The summed E-state index contributed by atoms with van der Waals surface area (Å²) >= 11 is 0. The largest absolute Gasteiger partial charge is 0.479 e. The van der Waals surface area contributed by atoms with Gasteiger partial charge in [0.15, 0.2) is 0 Å². The topological polar surface area (TPSA) is 57.6 Å². The number of aliphatic carboxylic acids is 1. The fourth-order valence-corrected chi connectivity index (χ4v) is 2.23. The lowest BCUT2D eigenvalue weighted by Gasteiger charge is -2.32. The summed E-state index contributed by atoms with van der Waals surface area (Å²) in [4.78, 5) is 23.1. The number of amides is 1. The van der Waals surface area contributed by atoms with E-state index < -0.39 is 23.6 Å². The fourth-order valence-electron chi connectivity index (χ4n) is 2.23. The van der Waals surface area contributed by atoms with Gasteiger partial charge in [-0.2, -0.15) is 13.2 Å². The molecule has 1 N–H and O–H groups in total. The number of rotatable bonds is 1. The van der Waals surface area contributed by atoms with E-state index in [1.165, 1.54) is 18.2 Å². The Labute approximate surface area is 106 Å². The van der Waals surface area contributed by atoms with Crippen molar-refractivity contribution in [3.8, 4) is 0 Å². The molecule has 1 unspecified atom stereocenters. The summed E-state index contributed by atoms with van der Waals surface area (Å²) in [6, 6.07) is 5.87. The molecule has 1 aliphatic rings. The first-order valence-corrected chi connectivity index (χ1v) is 5.40. The normalized spacial score (nSPS) is 22.2. The molecule has 0 fully saturated rings. The van der Waals surface area contributed by atoms with E-state index in [2.05, 4.69) is 0 Å². The Morgan fingerprint density at radius 2 is 1.89 bits per heavy atom. The molecule has 0 aromatic heterocycles. The number of carboxylic acids is 1. The van der Waals surface area contributed by atoms with Crippen LogP contribution >= 0.6 is 0 Å². The molecule has 1 aromatic carbocycles. The van der Waals surface area contributed by atoms with Gasteiger partial charge >= 0.3 is 18.1 Å². The van der Waals surface area contributed by atoms with E-state index in [1.807, 2.05) is 0 Å². The van der Waals surface area contributed by atoms with Gasteiger partial charge in [-0.25, -0.2) is 4.79 Å². The first kappa shape index (κ1) is 13.4. The van der Waals surface area contributed by atoms with Gasteiger partial charge in [-0.1, -0.05) is 18.2 Å². The van der Waals surface area contributed by atoms with Crippen LogP contribution in [0.1, 0.15) is 12.5 Å². The van der Waals surface area contributed by atoms with Crippen LogP contribution in [0.2, 0.25) is 0 Å². The molecule has 0 aliphatic carbocycles. The second-order valence-corrected chi connectivity index (χ2v) is 4.52. The van der Waals surface area contributed by atoms with Gasteiger partial charge < -0.3 is 5.11 Å². The van der Waals surface area contributed by atoms with Crippen molar-refractivity contribution in [2.24, 2.45) is 0 Å². The number of hydrogen-bond donors (Lipinski definition) is 1. The zero-order chi connectivity index (χ0) is 14.4. The third-order valence-electron chi connectivity index (χ3n) is 3.17. The number of benzene rings is 1. The van der Waals surface area contributed by atoms with E-state index in [-0.39, 0.29) is 12.1 Å². The molecule has 1 heterocycles. The van der Waals surface area contributed by atoms with Crippen LogP contribution in [-0.2, 0) is 16.0 Å². The average molecular weight is 273 g/mol. The predicted molar refractivity (Wildman–Crippen MR) is 59.7 cm³/mol. The number of carbonyl (C=O) groups excluding carboxylic acids is 1. The number of nitrogens with zero attached hydrogens (tertiary/aromatic N) is 1. The number of carboxylic acid groups (broad SMARTS) is 1. The van der Waals surface area contributed by atoms with Crippen LogP contribution < -0.4 is 4.90 Å². The number of halogens is 3. The van der Waals surface area contributed by atoms with Crippen LogP contribution in [0.4, 0.5) is 18.9 Å². The highest BCUT2D eigenvalue weighted by Gasteiger charge is 2.55. The Hall–Kier alpha value is -2.05. The molecule has 102 valence electrons. The van der Waals surface area contributed by atoms with Crippen LogP contribution in [0, 0.1) is 0 Å². The van der Waals surface area contributed by atoms with E-state index in [0.29, 0.717) is 10.5 Å². The maximum Gasteiger partial charge on any atom is 0.471 e. The van der Waals surface area contributed by atoms with Crippen LogP contribution in [0.5, 0.6) is 0 Å². The summed E-state index contributed by atoms with van der Waals surface area (Å²) in [5.41, 5.74) is -1.52. The number of carbonyl (C=O) groups is 2. The lowest BCUT2D eigenvalue weighted by Crippen LogP contribution is -2.57. The molecule has 0 bridgehead atoms. The standard InChI is InChI=1S/C12H10F3NO3/c1-11(10(18)19)6-7-4-2-3-5-8(7)16(11)9(17)12(13,14)15/h2-5H,6H2,1H3,(H,18,19). The highest BCUT2D eigenvalue weighted by Crippen LogP contribution is 2.41. The quantitative estimate of drug-likeness (QED) is 0.851. The van der Waals surface area contributed by atoms with Crippen LogP contribution in [0.25, 0.3) is 0 Å². The fraction of sp³-hybridized carbons (Fsp3) is 0.333. The van der Waals surface area contributed by atoms with Crippen molar-refractivity contribution < 1.29 is 27.9 Å². The summed E-state index contributed by atoms with van der Waals surface area (Å²) in [5, 5.41) is 9.17. The van der Waals surface area contributed by atoms with Crippen LogP contribution in [0.3, 0.4) is 0 Å². The zero-order valence-corrected chi connectivity index (χ0v) is 9.86. The SMILES string of the molecule is CC1(C(=O)O)Cc2ccccc2N1C(=O)C(F)(F)F. The molecular weight excluding hydrogens is 263 g/mol. The van der Waals surface area contributed by atoms with E-state index in [9.17, 15) is 22.8 Å². The van der Waals surface area contributed by atoms with E-state index in [0.717, 1.165) is 6.92 Å².